The van der Waals surface area contributed by atoms with E-state index < -0.39 is 11.8 Å². The number of halogens is 1. The van der Waals surface area contributed by atoms with E-state index in [-0.39, 0.29) is 23.0 Å². The Balaban J connectivity index is 1.24. The molecule has 2 atom stereocenters. The highest BCUT2D eigenvalue weighted by molar-refractivity contribution is 5.89. The van der Waals surface area contributed by atoms with Crippen LogP contribution in [0, 0.1) is 11.2 Å². The van der Waals surface area contributed by atoms with Crippen LogP contribution in [0.3, 0.4) is 0 Å². The summed E-state index contributed by atoms with van der Waals surface area (Å²) in [5.41, 5.74) is 2.86. The second kappa shape index (κ2) is 7.75. The summed E-state index contributed by atoms with van der Waals surface area (Å²) < 4.78 is 19.4. The number of ether oxygens (including phenoxy) is 1. The number of likely N-dealkylation sites (tertiary alicyclic amines) is 1. The zero-order valence-corrected chi connectivity index (χ0v) is 17.4. The number of hydrogen-bond acceptors (Lipinski definition) is 3. The van der Waals surface area contributed by atoms with Crippen molar-refractivity contribution >= 4 is 11.9 Å². The molecule has 5 rings (SSSR count). The van der Waals surface area contributed by atoms with Crippen LogP contribution in [0.15, 0.2) is 42.5 Å². The number of carbonyl (C=O) groups excluding carboxylic acids is 1. The Labute approximate surface area is 180 Å². The smallest absolute Gasteiger partial charge is 0.335 e. The molecule has 162 valence electrons. The van der Waals surface area contributed by atoms with Crippen LogP contribution in [-0.4, -0.2) is 47.7 Å². The van der Waals surface area contributed by atoms with Gasteiger partial charge in [0.15, 0.2) is 0 Å². The number of rotatable bonds is 4. The lowest BCUT2D eigenvalue weighted by Gasteiger charge is -2.34. The zero-order valence-electron chi connectivity index (χ0n) is 17.4. The second-order valence-corrected chi connectivity index (χ2v) is 9.10. The minimum atomic E-state index is -1.14. The van der Waals surface area contributed by atoms with E-state index in [1.165, 1.54) is 17.7 Å². The van der Waals surface area contributed by atoms with Gasteiger partial charge in [-0.25, -0.2) is 9.18 Å². The van der Waals surface area contributed by atoms with E-state index in [4.69, 9.17) is 9.84 Å². The lowest BCUT2D eigenvalue weighted by Crippen LogP contribution is -2.44. The molecule has 2 saturated heterocycles. The van der Waals surface area contributed by atoms with Crippen molar-refractivity contribution in [1.29, 1.82) is 0 Å². The molecule has 1 amide bonds. The van der Waals surface area contributed by atoms with Crippen molar-refractivity contribution in [2.75, 3.05) is 19.7 Å². The van der Waals surface area contributed by atoms with Gasteiger partial charge in [0.25, 0.3) is 5.91 Å². The molecule has 0 bridgehead atoms. The molecule has 3 fully saturated rings. The number of carboxylic acids is 1. The van der Waals surface area contributed by atoms with Gasteiger partial charge in [0.2, 0.25) is 0 Å². The van der Waals surface area contributed by atoms with Gasteiger partial charge in [-0.1, -0.05) is 24.3 Å². The fraction of sp³-hybridized carbons (Fsp3) is 0.440. The number of aromatic carboxylic acids is 1. The molecular weight excluding hydrogens is 397 g/mol. The molecular formula is C25H26FNO4. The Bertz CT molecular complexity index is 1000. The molecule has 2 aromatic rings. The van der Waals surface area contributed by atoms with Crippen molar-refractivity contribution in [2.45, 2.75) is 44.1 Å². The van der Waals surface area contributed by atoms with Gasteiger partial charge in [-0.15, -0.1) is 0 Å². The lowest BCUT2D eigenvalue weighted by molar-refractivity contribution is -0.142. The molecule has 1 N–H and O–H groups in total. The average Bonchev–Trinajstić information content (AvgIpc) is 3.20. The van der Waals surface area contributed by atoms with E-state index in [2.05, 4.69) is 12.1 Å². The Morgan fingerprint density at radius 1 is 1.06 bits per heavy atom. The van der Waals surface area contributed by atoms with Crippen LogP contribution in [0.1, 0.15) is 53.9 Å². The Morgan fingerprint density at radius 2 is 1.81 bits per heavy atom. The Kier molecular flexibility index (Phi) is 5.05. The van der Waals surface area contributed by atoms with E-state index >= 15 is 0 Å². The van der Waals surface area contributed by atoms with Crippen molar-refractivity contribution < 1.29 is 23.8 Å². The molecule has 2 heterocycles. The van der Waals surface area contributed by atoms with E-state index in [0.29, 0.717) is 18.1 Å². The van der Waals surface area contributed by atoms with E-state index in [9.17, 15) is 14.0 Å². The number of piperidine rings is 1. The molecule has 0 aromatic heterocycles. The largest absolute Gasteiger partial charge is 0.478 e. The SMILES string of the molecule is O=C(O)c1cc(F)cc(-c2ccc([C@H]3CC34CCN(C(=O)[C@H]3CCCO3)CC4)cc2)c1. The molecule has 6 heteroatoms. The molecule has 0 radical (unpaired) electrons. The minimum absolute atomic E-state index is 0.0514. The van der Waals surface area contributed by atoms with Crippen molar-refractivity contribution in [3.8, 4) is 11.1 Å². The quantitative estimate of drug-likeness (QED) is 0.788. The van der Waals surface area contributed by atoms with Gasteiger partial charge in [0.1, 0.15) is 11.9 Å². The monoisotopic (exact) mass is 423 g/mol. The van der Waals surface area contributed by atoms with Gasteiger partial charge in [-0.05, 0) is 78.3 Å². The summed E-state index contributed by atoms with van der Waals surface area (Å²) in [6.07, 6.45) is 4.75. The number of hydrogen-bond donors (Lipinski definition) is 1. The fourth-order valence-electron chi connectivity index (χ4n) is 5.31. The Morgan fingerprint density at radius 3 is 2.45 bits per heavy atom. The molecule has 31 heavy (non-hydrogen) atoms. The third kappa shape index (κ3) is 3.85. The van der Waals surface area contributed by atoms with Gasteiger partial charge in [-0.3, -0.25) is 4.79 Å². The molecule has 2 aromatic carbocycles. The minimum Gasteiger partial charge on any atom is -0.478 e. The van der Waals surface area contributed by atoms with Crippen LogP contribution < -0.4 is 0 Å². The van der Waals surface area contributed by atoms with Crippen LogP contribution >= 0.6 is 0 Å². The third-order valence-electron chi connectivity index (χ3n) is 7.26. The van der Waals surface area contributed by atoms with Gasteiger partial charge >= 0.3 is 5.97 Å². The number of carbonyl (C=O) groups is 2. The highest BCUT2D eigenvalue weighted by atomic mass is 19.1. The maximum absolute atomic E-state index is 13.8. The van der Waals surface area contributed by atoms with Crippen molar-refractivity contribution in [2.24, 2.45) is 5.41 Å². The van der Waals surface area contributed by atoms with Gasteiger partial charge in [-0.2, -0.15) is 0 Å². The summed E-state index contributed by atoms with van der Waals surface area (Å²) >= 11 is 0. The molecule has 1 saturated carbocycles. The highest BCUT2D eigenvalue weighted by Gasteiger charge is 2.55. The first-order chi connectivity index (χ1) is 14.9. The predicted molar refractivity (Wildman–Crippen MR) is 113 cm³/mol. The molecule has 0 unspecified atom stereocenters. The van der Waals surface area contributed by atoms with E-state index in [0.717, 1.165) is 56.8 Å². The van der Waals surface area contributed by atoms with Crippen molar-refractivity contribution in [3.05, 3.63) is 59.4 Å². The summed E-state index contributed by atoms with van der Waals surface area (Å²) in [5, 5.41) is 9.16. The summed E-state index contributed by atoms with van der Waals surface area (Å²) in [7, 11) is 0. The summed E-state index contributed by atoms with van der Waals surface area (Å²) in [6, 6.07) is 11.9. The lowest BCUT2D eigenvalue weighted by atomic mass is 9.88. The summed E-state index contributed by atoms with van der Waals surface area (Å²) in [4.78, 5) is 25.8. The normalized spacial score (nSPS) is 24.4. The summed E-state index contributed by atoms with van der Waals surface area (Å²) in [6.45, 7) is 2.29. The molecule has 5 nitrogen and oxygen atoms in total. The van der Waals surface area contributed by atoms with Crippen LogP contribution in [0.2, 0.25) is 0 Å². The summed E-state index contributed by atoms with van der Waals surface area (Å²) in [5.74, 6) is -1.04. The molecule has 2 aliphatic heterocycles. The first-order valence-electron chi connectivity index (χ1n) is 11.0. The maximum atomic E-state index is 13.8. The zero-order chi connectivity index (χ0) is 21.6. The molecule has 1 aliphatic carbocycles. The highest BCUT2D eigenvalue weighted by Crippen LogP contribution is 2.65. The first kappa shape index (κ1) is 20.2. The van der Waals surface area contributed by atoms with Gasteiger partial charge in [0, 0.05) is 19.7 Å². The fourth-order valence-corrected chi connectivity index (χ4v) is 5.31. The third-order valence-corrected chi connectivity index (χ3v) is 7.26. The van der Waals surface area contributed by atoms with Crippen molar-refractivity contribution in [3.63, 3.8) is 0 Å². The number of amides is 1. The topological polar surface area (TPSA) is 66.8 Å². The number of nitrogens with zero attached hydrogens (tertiary/aromatic N) is 1. The predicted octanol–water partition coefficient (Wildman–Crippen LogP) is 4.47. The molecule has 1 spiro atoms. The first-order valence-corrected chi connectivity index (χ1v) is 11.0. The van der Waals surface area contributed by atoms with Crippen LogP contribution in [0.25, 0.3) is 11.1 Å². The van der Waals surface area contributed by atoms with Gasteiger partial charge in [0.05, 0.1) is 5.56 Å². The second-order valence-electron chi connectivity index (χ2n) is 9.10. The van der Waals surface area contributed by atoms with Crippen LogP contribution in [0.4, 0.5) is 4.39 Å². The number of carboxylic acid groups (broad SMARTS) is 1. The average molecular weight is 423 g/mol. The standard InChI is InChI=1S/C25H26FNO4/c26-20-13-18(12-19(14-20)24(29)30)16-3-5-17(6-4-16)21-15-25(21)7-9-27(10-8-25)23(28)22-2-1-11-31-22/h3-6,12-14,21-22H,1-2,7-11,15H2,(H,29,30)/t21-,22-/m1/s1. The molecule has 3 aliphatic rings. The van der Waals surface area contributed by atoms with Gasteiger partial charge < -0.3 is 14.7 Å². The van der Waals surface area contributed by atoms with Crippen LogP contribution in [-0.2, 0) is 9.53 Å². The Hall–Kier alpha value is -2.73. The number of benzene rings is 2. The van der Waals surface area contributed by atoms with E-state index in [1.807, 2.05) is 17.0 Å². The van der Waals surface area contributed by atoms with Crippen LogP contribution in [0.5, 0.6) is 0 Å². The van der Waals surface area contributed by atoms with E-state index in [1.54, 1.807) is 0 Å². The maximum Gasteiger partial charge on any atom is 0.335 e. The van der Waals surface area contributed by atoms with Crippen molar-refractivity contribution in [1.82, 2.24) is 4.90 Å².